The van der Waals surface area contributed by atoms with Gasteiger partial charge in [-0.25, -0.2) is 0 Å². The average Bonchev–Trinajstić information content (AvgIpc) is 2.76. The van der Waals surface area contributed by atoms with Gasteiger partial charge in [0.05, 0.1) is 6.04 Å². The number of halogens is 1. The SMILES string of the molecule is CC(C)(C)c1ccc(CN(C(=O)CCl)C(Cc2ccccc2)c2ccccc2)cc1. The van der Waals surface area contributed by atoms with Gasteiger partial charge in [0, 0.05) is 6.54 Å². The number of hydrogen-bond donors (Lipinski definition) is 0. The lowest BCUT2D eigenvalue weighted by Gasteiger charge is -2.32. The number of carbonyl (C=O) groups is 1. The van der Waals surface area contributed by atoms with Gasteiger partial charge in [0.25, 0.3) is 0 Å². The van der Waals surface area contributed by atoms with Crippen LogP contribution >= 0.6 is 11.6 Å². The molecule has 3 heteroatoms. The first-order valence-electron chi connectivity index (χ1n) is 10.4. The second-order valence-electron chi connectivity index (χ2n) is 8.72. The zero-order valence-corrected chi connectivity index (χ0v) is 18.8. The summed E-state index contributed by atoms with van der Waals surface area (Å²) in [5.41, 5.74) is 4.80. The van der Waals surface area contributed by atoms with E-state index in [1.807, 2.05) is 41.3 Å². The predicted octanol–water partition coefficient (Wildman–Crippen LogP) is 6.54. The van der Waals surface area contributed by atoms with Crippen molar-refractivity contribution in [1.82, 2.24) is 4.90 Å². The summed E-state index contributed by atoms with van der Waals surface area (Å²) in [6.07, 6.45) is 0.744. The zero-order chi connectivity index (χ0) is 21.6. The molecule has 1 unspecified atom stereocenters. The Morgan fingerprint density at radius 1 is 0.833 bits per heavy atom. The molecule has 0 radical (unpaired) electrons. The highest BCUT2D eigenvalue weighted by Gasteiger charge is 2.25. The molecule has 0 heterocycles. The minimum Gasteiger partial charge on any atom is -0.330 e. The summed E-state index contributed by atoms with van der Waals surface area (Å²) in [7, 11) is 0. The van der Waals surface area contributed by atoms with Crippen LogP contribution < -0.4 is 0 Å². The molecule has 0 bridgehead atoms. The van der Waals surface area contributed by atoms with Crippen molar-refractivity contribution >= 4 is 17.5 Å². The Labute approximate surface area is 185 Å². The number of hydrogen-bond acceptors (Lipinski definition) is 1. The Bertz CT molecular complexity index is 930. The summed E-state index contributed by atoms with van der Waals surface area (Å²) >= 11 is 6.04. The molecule has 1 amide bonds. The fourth-order valence-corrected chi connectivity index (χ4v) is 3.83. The van der Waals surface area contributed by atoms with Crippen molar-refractivity contribution in [3.8, 4) is 0 Å². The summed E-state index contributed by atoms with van der Waals surface area (Å²) in [6.45, 7) is 7.15. The van der Waals surface area contributed by atoms with Crippen LogP contribution in [-0.2, 0) is 23.2 Å². The van der Waals surface area contributed by atoms with Gasteiger partial charge in [0.2, 0.25) is 5.91 Å². The average molecular weight is 420 g/mol. The van der Waals surface area contributed by atoms with E-state index >= 15 is 0 Å². The second-order valence-corrected chi connectivity index (χ2v) is 8.99. The van der Waals surface area contributed by atoms with Crippen LogP contribution in [0.1, 0.15) is 49.1 Å². The standard InChI is InChI=1S/C27H30ClNO/c1-27(2,3)24-16-14-22(15-17-24)20-29(26(30)19-28)25(23-12-8-5-9-13-23)18-21-10-6-4-7-11-21/h4-17,25H,18-20H2,1-3H3. The monoisotopic (exact) mass is 419 g/mol. The Hall–Kier alpha value is -2.58. The van der Waals surface area contributed by atoms with Crippen molar-refractivity contribution in [2.45, 2.75) is 45.2 Å². The van der Waals surface area contributed by atoms with Crippen LogP contribution in [0.25, 0.3) is 0 Å². The molecular formula is C27H30ClNO. The molecule has 156 valence electrons. The molecule has 0 N–H and O–H groups in total. The van der Waals surface area contributed by atoms with Crippen LogP contribution in [-0.4, -0.2) is 16.7 Å². The first-order chi connectivity index (χ1) is 14.4. The third-order valence-electron chi connectivity index (χ3n) is 5.44. The van der Waals surface area contributed by atoms with Crippen LogP contribution in [0.2, 0.25) is 0 Å². The van der Waals surface area contributed by atoms with Crippen molar-refractivity contribution in [2.24, 2.45) is 0 Å². The smallest absolute Gasteiger partial charge is 0.238 e. The maximum atomic E-state index is 12.9. The number of alkyl halides is 1. The molecule has 3 aromatic carbocycles. The summed E-state index contributed by atoms with van der Waals surface area (Å²) in [5, 5.41) is 0. The van der Waals surface area contributed by atoms with E-state index in [-0.39, 0.29) is 23.2 Å². The fraction of sp³-hybridized carbons (Fsp3) is 0.296. The molecular weight excluding hydrogens is 390 g/mol. The van der Waals surface area contributed by atoms with Crippen LogP contribution in [0.3, 0.4) is 0 Å². The van der Waals surface area contributed by atoms with Gasteiger partial charge in [-0.05, 0) is 34.1 Å². The lowest BCUT2D eigenvalue weighted by atomic mass is 9.86. The molecule has 0 fully saturated rings. The molecule has 1 atom stereocenters. The maximum Gasteiger partial charge on any atom is 0.238 e. The summed E-state index contributed by atoms with van der Waals surface area (Å²) in [4.78, 5) is 14.9. The van der Waals surface area contributed by atoms with Gasteiger partial charge in [-0.15, -0.1) is 11.6 Å². The first-order valence-corrected chi connectivity index (χ1v) is 11.0. The minimum absolute atomic E-state index is 0.0296. The van der Waals surface area contributed by atoms with Crippen LogP contribution in [0.5, 0.6) is 0 Å². The molecule has 30 heavy (non-hydrogen) atoms. The number of rotatable bonds is 7. The predicted molar refractivity (Wildman–Crippen MR) is 126 cm³/mol. The van der Waals surface area contributed by atoms with E-state index in [2.05, 4.69) is 69.3 Å². The van der Waals surface area contributed by atoms with Crippen molar-refractivity contribution in [3.63, 3.8) is 0 Å². The van der Waals surface area contributed by atoms with Gasteiger partial charge >= 0.3 is 0 Å². The van der Waals surface area contributed by atoms with Gasteiger partial charge < -0.3 is 4.90 Å². The van der Waals surface area contributed by atoms with Crippen molar-refractivity contribution in [2.75, 3.05) is 5.88 Å². The third-order valence-corrected chi connectivity index (χ3v) is 5.67. The normalized spacial score (nSPS) is 12.4. The van der Waals surface area contributed by atoms with Gasteiger partial charge in [0.1, 0.15) is 5.88 Å². The Balaban J connectivity index is 1.94. The van der Waals surface area contributed by atoms with Crippen molar-refractivity contribution < 1.29 is 4.79 Å². The number of carbonyl (C=O) groups excluding carboxylic acids is 1. The lowest BCUT2D eigenvalue weighted by molar-refractivity contribution is -0.131. The van der Waals surface area contributed by atoms with E-state index in [0.717, 1.165) is 17.5 Å². The first kappa shape index (κ1) is 22.1. The lowest BCUT2D eigenvalue weighted by Crippen LogP contribution is -2.36. The van der Waals surface area contributed by atoms with Crippen LogP contribution in [0.4, 0.5) is 0 Å². The molecule has 0 aliphatic carbocycles. The molecule has 0 saturated heterocycles. The largest absolute Gasteiger partial charge is 0.330 e. The second kappa shape index (κ2) is 9.95. The fourth-order valence-electron chi connectivity index (χ4n) is 3.68. The minimum atomic E-state index is -0.0813. The molecule has 3 aromatic rings. The summed E-state index contributed by atoms with van der Waals surface area (Å²) < 4.78 is 0. The van der Waals surface area contributed by atoms with Gasteiger partial charge in [0.15, 0.2) is 0 Å². The van der Waals surface area contributed by atoms with E-state index in [1.54, 1.807) is 0 Å². The summed E-state index contributed by atoms with van der Waals surface area (Å²) in [5.74, 6) is -0.0839. The van der Waals surface area contributed by atoms with Crippen molar-refractivity contribution in [3.05, 3.63) is 107 Å². The number of nitrogens with zero attached hydrogens (tertiary/aromatic N) is 1. The third kappa shape index (κ3) is 5.73. The molecule has 0 aliphatic heterocycles. The van der Waals surface area contributed by atoms with Crippen LogP contribution in [0, 0.1) is 0 Å². The summed E-state index contributed by atoms with van der Waals surface area (Å²) in [6, 6.07) is 29.0. The van der Waals surface area contributed by atoms with E-state index in [1.165, 1.54) is 11.1 Å². The Kier molecular flexibility index (Phi) is 7.33. The quantitative estimate of drug-likeness (QED) is 0.398. The number of amides is 1. The van der Waals surface area contributed by atoms with Gasteiger partial charge in [-0.1, -0.05) is 106 Å². The van der Waals surface area contributed by atoms with Gasteiger partial charge in [-0.2, -0.15) is 0 Å². The van der Waals surface area contributed by atoms with Crippen molar-refractivity contribution in [1.29, 1.82) is 0 Å². The molecule has 0 spiro atoms. The van der Waals surface area contributed by atoms with E-state index in [0.29, 0.717) is 6.54 Å². The number of benzene rings is 3. The van der Waals surface area contributed by atoms with E-state index in [4.69, 9.17) is 11.6 Å². The highest BCUT2D eigenvalue weighted by atomic mass is 35.5. The van der Waals surface area contributed by atoms with Crippen LogP contribution in [0.15, 0.2) is 84.9 Å². The molecule has 3 rings (SSSR count). The van der Waals surface area contributed by atoms with Gasteiger partial charge in [-0.3, -0.25) is 4.79 Å². The molecule has 0 saturated carbocycles. The molecule has 2 nitrogen and oxygen atoms in total. The zero-order valence-electron chi connectivity index (χ0n) is 18.0. The Morgan fingerprint density at radius 3 is 1.93 bits per heavy atom. The molecule has 0 aromatic heterocycles. The van der Waals surface area contributed by atoms with E-state index in [9.17, 15) is 4.79 Å². The molecule has 0 aliphatic rings. The highest BCUT2D eigenvalue weighted by Crippen LogP contribution is 2.28. The highest BCUT2D eigenvalue weighted by molar-refractivity contribution is 6.27. The van der Waals surface area contributed by atoms with E-state index < -0.39 is 0 Å². The maximum absolute atomic E-state index is 12.9. The topological polar surface area (TPSA) is 20.3 Å². The Morgan fingerprint density at radius 2 is 1.40 bits per heavy atom.